The summed E-state index contributed by atoms with van der Waals surface area (Å²) in [5.41, 5.74) is 3.08. The molecule has 2 aromatic carbocycles. The lowest BCUT2D eigenvalue weighted by molar-refractivity contribution is -0.785. The number of fused-ring (bicyclic) bond motifs is 4. The minimum absolute atomic E-state index is 0.0879. The van der Waals surface area contributed by atoms with Gasteiger partial charge in [0.25, 0.3) is 0 Å². The summed E-state index contributed by atoms with van der Waals surface area (Å²) in [4.78, 5) is 19.3. The van der Waals surface area contributed by atoms with Gasteiger partial charge in [0.05, 0.1) is 42.8 Å². The molecule has 27 heavy (non-hydrogen) atoms. The predicted molar refractivity (Wildman–Crippen MR) is 111 cm³/mol. The molecule has 2 N–H and O–H groups in total. The van der Waals surface area contributed by atoms with E-state index in [2.05, 4.69) is 29.1 Å². The number of halogens is 1. The Morgan fingerprint density at radius 3 is 2.81 bits per heavy atom. The SMILES string of the molecule is C[NH+]1C=c2c(O)c3c4c(c5cc(Br)ccc5nc4c2=CC1)C(=O)C[N+]3(C)C. The Labute approximate surface area is 164 Å². The molecule has 1 aromatic heterocycles. The number of likely N-dealkylation sites (N-methyl/N-ethyl adjacent to an activating group) is 1. The number of ketones is 1. The molecule has 0 radical (unpaired) electrons. The Morgan fingerprint density at radius 1 is 1.26 bits per heavy atom. The second-order valence-electron chi connectivity index (χ2n) is 8.06. The molecular formula is C21H20BrN3O2+2. The van der Waals surface area contributed by atoms with Crippen LogP contribution in [-0.2, 0) is 0 Å². The molecule has 2 aliphatic heterocycles. The van der Waals surface area contributed by atoms with Gasteiger partial charge < -0.3 is 10.0 Å². The molecular weight excluding hydrogens is 406 g/mol. The van der Waals surface area contributed by atoms with Crippen molar-refractivity contribution >= 4 is 61.5 Å². The van der Waals surface area contributed by atoms with E-state index in [0.29, 0.717) is 16.6 Å². The molecule has 136 valence electrons. The van der Waals surface area contributed by atoms with E-state index in [1.165, 1.54) is 4.90 Å². The van der Waals surface area contributed by atoms with Crippen LogP contribution in [0.1, 0.15) is 10.4 Å². The van der Waals surface area contributed by atoms with Crippen LogP contribution in [0.15, 0.2) is 22.7 Å². The fraction of sp³-hybridized carbons (Fsp3) is 0.238. The van der Waals surface area contributed by atoms with E-state index in [9.17, 15) is 9.90 Å². The highest BCUT2D eigenvalue weighted by molar-refractivity contribution is 9.10. The fourth-order valence-electron chi connectivity index (χ4n) is 4.48. The van der Waals surface area contributed by atoms with Gasteiger partial charge in [-0.3, -0.25) is 9.28 Å². The molecule has 0 bridgehead atoms. The van der Waals surface area contributed by atoms with E-state index < -0.39 is 0 Å². The molecule has 1 atom stereocenters. The number of hydrogen-bond donors (Lipinski definition) is 2. The molecule has 0 fully saturated rings. The number of aromatic nitrogens is 1. The van der Waals surface area contributed by atoms with Crippen LogP contribution in [-0.4, -0.2) is 50.1 Å². The number of phenolic OH excluding ortho intramolecular Hbond substituents is 1. The number of phenols is 1. The third kappa shape index (κ3) is 2.24. The van der Waals surface area contributed by atoms with Crippen molar-refractivity contribution in [2.45, 2.75) is 0 Å². The zero-order valence-corrected chi connectivity index (χ0v) is 17.0. The highest BCUT2D eigenvalue weighted by Gasteiger charge is 2.39. The highest BCUT2D eigenvalue weighted by Crippen LogP contribution is 2.42. The van der Waals surface area contributed by atoms with Gasteiger partial charge in [-0.2, -0.15) is 0 Å². The van der Waals surface area contributed by atoms with Crippen molar-refractivity contribution in [3.63, 3.8) is 0 Å². The number of Topliss-reactive ketones (excluding diaryl/α,β-unsaturated/α-hetero) is 1. The predicted octanol–water partition coefficient (Wildman–Crippen LogP) is 0.666. The molecule has 0 amide bonds. The average Bonchev–Trinajstić information content (AvgIpc) is 2.59. The number of pyridine rings is 1. The molecule has 2 aliphatic rings. The van der Waals surface area contributed by atoms with Gasteiger partial charge in [0.2, 0.25) is 5.78 Å². The molecule has 0 spiro atoms. The molecule has 0 saturated heterocycles. The van der Waals surface area contributed by atoms with Gasteiger partial charge in [0.1, 0.15) is 19.3 Å². The summed E-state index contributed by atoms with van der Waals surface area (Å²) in [5, 5.41) is 14.6. The van der Waals surface area contributed by atoms with Crippen molar-refractivity contribution < 1.29 is 14.8 Å². The monoisotopic (exact) mass is 425 g/mol. The Balaban J connectivity index is 2.16. The van der Waals surface area contributed by atoms with Crippen molar-refractivity contribution in [2.24, 2.45) is 0 Å². The maximum Gasteiger partial charge on any atom is 0.218 e. The Kier molecular flexibility index (Phi) is 3.36. The highest BCUT2D eigenvalue weighted by atomic mass is 79.9. The fourth-order valence-corrected chi connectivity index (χ4v) is 4.84. The van der Waals surface area contributed by atoms with Gasteiger partial charge in [-0.1, -0.05) is 15.9 Å². The van der Waals surface area contributed by atoms with E-state index in [1.807, 2.05) is 38.5 Å². The molecule has 5 rings (SSSR count). The third-order valence-electron chi connectivity index (χ3n) is 5.65. The van der Waals surface area contributed by atoms with Crippen molar-refractivity contribution in [1.29, 1.82) is 0 Å². The molecule has 1 unspecified atom stereocenters. The quantitative estimate of drug-likeness (QED) is 0.411. The number of carbonyl (C=O) groups excluding carboxylic acids is 1. The van der Waals surface area contributed by atoms with Gasteiger partial charge >= 0.3 is 0 Å². The summed E-state index contributed by atoms with van der Waals surface area (Å²) < 4.78 is 1.23. The van der Waals surface area contributed by atoms with E-state index in [4.69, 9.17) is 4.98 Å². The van der Waals surface area contributed by atoms with Crippen molar-refractivity contribution in [3.05, 3.63) is 38.7 Å². The summed E-state index contributed by atoms with van der Waals surface area (Å²) in [5.74, 6) is 0.354. The van der Waals surface area contributed by atoms with Crippen LogP contribution < -0.4 is 19.8 Å². The molecule has 0 saturated carbocycles. The number of quaternary nitrogens is 2. The second-order valence-corrected chi connectivity index (χ2v) is 8.98. The number of rotatable bonds is 0. The Bertz CT molecular complexity index is 1310. The molecule has 6 heteroatoms. The molecule has 3 aromatic rings. The van der Waals surface area contributed by atoms with Crippen molar-refractivity contribution in [1.82, 2.24) is 9.47 Å². The van der Waals surface area contributed by atoms with Gasteiger partial charge in [-0.25, -0.2) is 4.98 Å². The van der Waals surface area contributed by atoms with E-state index in [0.717, 1.165) is 48.9 Å². The summed E-state index contributed by atoms with van der Waals surface area (Å²) in [6.45, 7) is 1.13. The number of nitrogens with one attached hydrogen (secondary N) is 1. The molecule has 5 nitrogen and oxygen atoms in total. The van der Waals surface area contributed by atoms with Crippen LogP contribution >= 0.6 is 15.9 Å². The first-order valence-electron chi connectivity index (χ1n) is 8.97. The first kappa shape index (κ1) is 16.9. The molecule has 3 heterocycles. The largest absolute Gasteiger partial charge is 0.502 e. The Hall–Kier alpha value is -2.28. The second kappa shape index (κ2) is 5.38. The summed E-state index contributed by atoms with van der Waals surface area (Å²) >= 11 is 3.51. The summed E-state index contributed by atoms with van der Waals surface area (Å²) in [6, 6.07) is 5.84. The van der Waals surface area contributed by atoms with Crippen LogP contribution in [0.4, 0.5) is 5.69 Å². The van der Waals surface area contributed by atoms with E-state index in [1.54, 1.807) is 0 Å². The normalized spacial score (nSPS) is 20.3. The van der Waals surface area contributed by atoms with E-state index in [-0.39, 0.29) is 11.5 Å². The minimum Gasteiger partial charge on any atom is -0.502 e. The number of nitrogens with zero attached hydrogens (tertiary/aromatic N) is 2. The zero-order chi connectivity index (χ0) is 19.1. The topological polar surface area (TPSA) is 54.6 Å². The summed E-state index contributed by atoms with van der Waals surface area (Å²) in [6.07, 6.45) is 4.16. The Morgan fingerprint density at radius 2 is 2.04 bits per heavy atom. The van der Waals surface area contributed by atoms with Gasteiger partial charge in [-0.05, 0) is 24.3 Å². The van der Waals surface area contributed by atoms with Gasteiger partial charge in [-0.15, -0.1) is 0 Å². The number of hydrogen-bond acceptors (Lipinski definition) is 3. The molecule has 0 aliphatic carbocycles. The lowest BCUT2D eigenvalue weighted by Gasteiger charge is -2.34. The minimum atomic E-state index is 0.0879. The first-order valence-corrected chi connectivity index (χ1v) is 9.76. The van der Waals surface area contributed by atoms with Crippen LogP contribution in [0.5, 0.6) is 5.75 Å². The van der Waals surface area contributed by atoms with E-state index >= 15 is 0 Å². The van der Waals surface area contributed by atoms with Crippen molar-refractivity contribution in [3.8, 4) is 5.75 Å². The van der Waals surface area contributed by atoms with Gasteiger partial charge in [0, 0.05) is 20.6 Å². The van der Waals surface area contributed by atoms with Crippen LogP contribution in [0, 0.1) is 0 Å². The van der Waals surface area contributed by atoms with Crippen LogP contribution in [0.2, 0.25) is 0 Å². The van der Waals surface area contributed by atoms with Crippen LogP contribution in [0.25, 0.3) is 34.1 Å². The maximum atomic E-state index is 13.2. The number of benzene rings is 2. The van der Waals surface area contributed by atoms with Gasteiger partial charge in [0.15, 0.2) is 11.4 Å². The smallest absolute Gasteiger partial charge is 0.218 e. The third-order valence-corrected chi connectivity index (χ3v) is 6.14. The van der Waals surface area contributed by atoms with Crippen LogP contribution in [0.3, 0.4) is 0 Å². The number of aromatic hydroxyl groups is 1. The number of carbonyl (C=O) groups is 1. The zero-order valence-electron chi connectivity index (χ0n) is 15.4. The first-order chi connectivity index (χ1) is 12.8. The average molecular weight is 426 g/mol. The lowest BCUT2D eigenvalue weighted by Crippen LogP contribution is -3.04. The van der Waals surface area contributed by atoms with Crippen molar-refractivity contribution in [2.75, 3.05) is 34.2 Å². The standard InChI is InChI=1S/C21H18BrN3O2/c1-24-7-6-12-14(9-24)21(27)20-18-17(16(26)10-25(20,2)3)13-8-11(22)4-5-15(13)23-19(12)18/h4-6,8-9H,7,10H2,1-3H3/p+2. The lowest BCUT2D eigenvalue weighted by atomic mass is 9.91. The maximum absolute atomic E-state index is 13.2. The summed E-state index contributed by atoms with van der Waals surface area (Å²) in [7, 11) is 6.00.